The molecule has 0 spiro atoms. The minimum Gasteiger partial charge on any atom is -0.340 e. The molecule has 1 aliphatic rings. The fraction of sp³-hybridized carbons (Fsp3) is 0.643. The second-order valence-corrected chi connectivity index (χ2v) is 6.76. The molecule has 1 fully saturated rings. The van der Waals surface area contributed by atoms with Crippen molar-refractivity contribution in [3.63, 3.8) is 0 Å². The smallest absolute Gasteiger partial charge is 0.242 e. The third-order valence-corrected chi connectivity index (χ3v) is 4.25. The molecule has 2 rings (SSSR count). The van der Waals surface area contributed by atoms with Crippen molar-refractivity contribution < 1.29 is 4.79 Å². The first kappa shape index (κ1) is 14.5. The highest BCUT2D eigenvalue weighted by molar-refractivity contribution is 7.09. The van der Waals surface area contributed by atoms with Gasteiger partial charge in [-0.25, -0.2) is 0 Å². The van der Waals surface area contributed by atoms with Crippen molar-refractivity contribution in [2.45, 2.75) is 32.4 Å². The number of nitrogens with two attached hydrogens (primary N) is 1. The standard InChI is InChI=1S/C14H23N3OS/c1-14(2,15)13(18)17-7-4-6-16(8-9-17)11-12-5-3-10-19-12/h3,5,10H,4,6-9,11,15H2,1-2H3. The van der Waals surface area contributed by atoms with Crippen LogP contribution in [0, 0.1) is 0 Å². The summed E-state index contributed by atoms with van der Waals surface area (Å²) in [7, 11) is 0. The van der Waals surface area contributed by atoms with Gasteiger partial charge in [0.2, 0.25) is 5.91 Å². The van der Waals surface area contributed by atoms with Crippen LogP contribution in [-0.4, -0.2) is 47.4 Å². The maximum atomic E-state index is 12.2. The lowest BCUT2D eigenvalue weighted by molar-refractivity contribution is -0.135. The monoisotopic (exact) mass is 281 g/mol. The molecule has 0 bridgehead atoms. The van der Waals surface area contributed by atoms with Crippen LogP contribution < -0.4 is 5.73 Å². The van der Waals surface area contributed by atoms with Gasteiger partial charge >= 0.3 is 0 Å². The van der Waals surface area contributed by atoms with Crippen LogP contribution in [0.15, 0.2) is 17.5 Å². The van der Waals surface area contributed by atoms with Gasteiger partial charge < -0.3 is 10.6 Å². The molecule has 1 aliphatic heterocycles. The van der Waals surface area contributed by atoms with Gasteiger partial charge in [0.1, 0.15) is 0 Å². The predicted molar refractivity (Wildman–Crippen MR) is 79.1 cm³/mol. The Morgan fingerprint density at radius 1 is 1.37 bits per heavy atom. The quantitative estimate of drug-likeness (QED) is 0.914. The Morgan fingerprint density at radius 3 is 2.79 bits per heavy atom. The summed E-state index contributed by atoms with van der Waals surface area (Å²) in [5, 5.41) is 2.11. The first-order valence-electron chi connectivity index (χ1n) is 6.80. The highest BCUT2D eigenvalue weighted by Gasteiger charge is 2.29. The van der Waals surface area contributed by atoms with Crippen LogP contribution in [0.25, 0.3) is 0 Å². The van der Waals surface area contributed by atoms with Gasteiger partial charge in [0.15, 0.2) is 0 Å². The molecule has 0 saturated carbocycles. The topological polar surface area (TPSA) is 49.6 Å². The van der Waals surface area contributed by atoms with E-state index in [0.29, 0.717) is 0 Å². The van der Waals surface area contributed by atoms with Crippen LogP contribution in [0.4, 0.5) is 0 Å². The van der Waals surface area contributed by atoms with E-state index in [1.807, 2.05) is 4.90 Å². The average molecular weight is 281 g/mol. The summed E-state index contributed by atoms with van der Waals surface area (Å²) < 4.78 is 0. The van der Waals surface area contributed by atoms with E-state index in [-0.39, 0.29) is 5.91 Å². The average Bonchev–Trinajstić information content (AvgIpc) is 2.72. The molecule has 1 saturated heterocycles. The molecule has 0 aromatic carbocycles. The van der Waals surface area contributed by atoms with Gasteiger partial charge in [-0.2, -0.15) is 0 Å². The Morgan fingerprint density at radius 2 is 2.16 bits per heavy atom. The van der Waals surface area contributed by atoms with Crippen molar-refractivity contribution in [2.24, 2.45) is 5.73 Å². The third kappa shape index (κ3) is 4.03. The summed E-state index contributed by atoms with van der Waals surface area (Å²) >= 11 is 1.79. The number of amides is 1. The molecule has 2 N–H and O–H groups in total. The number of hydrogen-bond acceptors (Lipinski definition) is 4. The molecule has 0 aliphatic carbocycles. The number of carbonyl (C=O) groups is 1. The minimum atomic E-state index is -0.761. The molecule has 0 unspecified atom stereocenters. The maximum absolute atomic E-state index is 12.2. The number of thiophene rings is 1. The minimum absolute atomic E-state index is 0.0606. The molecule has 1 aromatic rings. The molecule has 0 atom stereocenters. The Kier molecular flexibility index (Phi) is 4.60. The maximum Gasteiger partial charge on any atom is 0.242 e. The Balaban J connectivity index is 1.89. The number of nitrogens with zero attached hydrogens (tertiary/aromatic N) is 2. The molecule has 1 amide bonds. The summed E-state index contributed by atoms with van der Waals surface area (Å²) in [6, 6.07) is 4.26. The second kappa shape index (κ2) is 6.03. The van der Waals surface area contributed by atoms with Gasteiger partial charge in [-0.15, -0.1) is 11.3 Å². The molecule has 2 heterocycles. The Labute approximate surface area is 119 Å². The highest BCUT2D eigenvalue weighted by Crippen LogP contribution is 2.15. The number of rotatable bonds is 3. The summed E-state index contributed by atoms with van der Waals surface area (Å²) in [6.45, 7) is 8.14. The van der Waals surface area contributed by atoms with E-state index in [4.69, 9.17) is 5.73 Å². The molecular weight excluding hydrogens is 258 g/mol. The van der Waals surface area contributed by atoms with Gasteiger partial charge in [0, 0.05) is 37.6 Å². The summed E-state index contributed by atoms with van der Waals surface area (Å²) in [5.74, 6) is 0.0606. The predicted octanol–water partition coefficient (Wildman–Crippen LogP) is 1.52. The van der Waals surface area contributed by atoms with Crippen LogP contribution in [0.2, 0.25) is 0 Å². The fourth-order valence-electron chi connectivity index (χ4n) is 2.36. The molecule has 4 nitrogen and oxygen atoms in total. The van der Waals surface area contributed by atoms with Crippen molar-refractivity contribution in [1.82, 2.24) is 9.80 Å². The molecule has 19 heavy (non-hydrogen) atoms. The van der Waals surface area contributed by atoms with E-state index < -0.39 is 5.54 Å². The zero-order chi connectivity index (χ0) is 13.9. The molecule has 5 heteroatoms. The first-order chi connectivity index (χ1) is 8.97. The van der Waals surface area contributed by atoms with Crippen LogP contribution in [0.5, 0.6) is 0 Å². The van der Waals surface area contributed by atoms with E-state index in [1.54, 1.807) is 25.2 Å². The Bertz CT molecular complexity index is 411. The second-order valence-electron chi connectivity index (χ2n) is 5.72. The lowest BCUT2D eigenvalue weighted by Gasteiger charge is -2.28. The van der Waals surface area contributed by atoms with E-state index in [1.165, 1.54) is 4.88 Å². The van der Waals surface area contributed by atoms with E-state index >= 15 is 0 Å². The largest absolute Gasteiger partial charge is 0.340 e. The fourth-order valence-corrected chi connectivity index (χ4v) is 3.11. The molecule has 1 aromatic heterocycles. The summed E-state index contributed by atoms with van der Waals surface area (Å²) in [5.41, 5.74) is 5.14. The molecular formula is C14H23N3OS. The van der Waals surface area contributed by atoms with Gasteiger partial charge in [0.25, 0.3) is 0 Å². The van der Waals surface area contributed by atoms with Gasteiger partial charge in [-0.3, -0.25) is 9.69 Å². The van der Waals surface area contributed by atoms with Crippen molar-refractivity contribution in [1.29, 1.82) is 0 Å². The van der Waals surface area contributed by atoms with E-state index in [0.717, 1.165) is 39.1 Å². The third-order valence-electron chi connectivity index (χ3n) is 3.39. The highest BCUT2D eigenvalue weighted by atomic mass is 32.1. The van der Waals surface area contributed by atoms with Crippen LogP contribution >= 0.6 is 11.3 Å². The van der Waals surface area contributed by atoms with Gasteiger partial charge in [-0.05, 0) is 31.7 Å². The summed E-state index contributed by atoms with van der Waals surface area (Å²) in [4.78, 5) is 17.9. The van der Waals surface area contributed by atoms with Crippen LogP contribution in [0.1, 0.15) is 25.1 Å². The zero-order valence-electron chi connectivity index (χ0n) is 11.8. The van der Waals surface area contributed by atoms with Gasteiger partial charge in [0.05, 0.1) is 5.54 Å². The van der Waals surface area contributed by atoms with E-state index in [9.17, 15) is 4.79 Å². The SMILES string of the molecule is CC(C)(N)C(=O)N1CCCN(Cc2cccs2)CC1. The number of carbonyl (C=O) groups excluding carboxylic acids is 1. The Hall–Kier alpha value is -0.910. The lowest BCUT2D eigenvalue weighted by Crippen LogP contribution is -2.52. The molecule has 106 valence electrons. The summed E-state index contributed by atoms with van der Waals surface area (Å²) in [6.07, 6.45) is 1.02. The normalized spacial score (nSPS) is 18.4. The number of hydrogen-bond donors (Lipinski definition) is 1. The van der Waals surface area contributed by atoms with E-state index in [2.05, 4.69) is 22.4 Å². The van der Waals surface area contributed by atoms with Crippen molar-refractivity contribution in [3.8, 4) is 0 Å². The first-order valence-corrected chi connectivity index (χ1v) is 7.68. The lowest BCUT2D eigenvalue weighted by atomic mass is 10.1. The van der Waals surface area contributed by atoms with Crippen molar-refractivity contribution in [2.75, 3.05) is 26.2 Å². The van der Waals surface area contributed by atoms with Crippen molar-refractivity contribution >= 4 is 17.2 Å². The molecule has 0 radical (unpaired) electrons. The van der Waals surface area contributed by atoms with Crippen molar-refractivity contribution in [3.05, 3.63) is 22.4 Å². The zero-order valence-corrected chi connectivity index (χ0v) is 12.6. The van der Waals surface area contributed by atoms with Gasteiger partial charge in [-0.1, -0.05) is 6.07 Å². The van der Waals surface area contributed by atoms with Crippen LogP contribution in [-0.2, 0) is 11.3 Å². The van der Waals surface area contributed by atoms with Crippen LogP contribution in [0.3, 0.4) is 0 Å².